The number of anilines is 1. The van der Waals surface area contributed by atoms with Crippen LogP contribution in [0.15, 0.2) is 18.2 Å². The second-order valence-electron chi connectivity index (χ2n) is 3.79. The molecule has 0 amide bonds. The van der Waals surface area contributed by atoms with Gasteiger partial charge in [-0.2, -0.15) is 0 Å². The van der Waals surface area contributed by atoms with Crippen molar-refractivity contribution in [2.45, 2.75) is 25.5 Å². The number of hydrogen-bond donors (Lipinski definition) is 1. The Balaban J connectivity index is 2.80. The molecule has 0 aliphatic carbocycles. The number of benzene rings is 1. The standard InChI is InChI=1S/C11H16FNO2S/c1-2-3-6-16(14,15)8-9-4-5-10(12)7-11(9)13/h4-5,7H,2-3,6,8,13H2,1H3. The van der Waals surface area contributed by atoms with Gasteiger partial charge in [0, 0.05) is 5.69 Å². The van der Waals surface area contributed by atoms with Crippen molar-refractivity contribution in [3.05, 3.63) is 29.6 Å². The lowest BCUT2D eigenvalue weighted by Crippen LogP contribution is -2.10. The Bertz CT molecular complexity index is 457. The Kier molecular flexibility index (Phi) is 4.29. The summed E-state index contributed by atoms with van der Waals surface area (Å²) in [7, 11) is -3.13. The fourth-order valence-corrected chi connectivity index (χ4v) is 2.98. The second-order valence-corrected chi connectivity index (χ2v) is 5.97. The van der Waals surface area contributed by atoms with E-state index in [4.69, 9.17) is 5.73 Å². The quantitative estimate of drug-likeness (QED) is 0.808. The third-order valence-corrected chi connectivity index (χ3v) is 3.95. The van der Waals surface area contributed by atoms with E-state index in [1.54, 1.807) is 0 Å². The molecule has 0 aromatic heterocycles. The first-order chi connectivity index (χ1) is 7.44. The van der Waals surface area contributed by atoms with Gasteiger partial charge in [0.1, 0.15) is 5.82 Å². The highest BCUT2D eigenvalue weighted by Crippen LogP contribution is 2.17. The summed E-state index contributed by atoms with van der Waals surface area (Å²) in [5, 5.41) is 0. The van der Waals surface area contributed by atoms with Crippen LogP contribution in [0.1, 0.15) is 25.3 Å². The molecule has 1 rings (SSSR count). The van der Waals surface area contributed by atoms with Crippen LogP contribution in [0.4, 0.5) is 10.1 Å². The van der Waals surface area contributed by atoms with E-state index in [1.807, 2.05) is 6.92 Å². The minimum absolute atomic E-state index is 0.112. The van der Waals surface area contributed by atoms with Gasteiger partial charge in [0.25, 0.3) is 0 Å². The number of halogens is 1. The van der Waals surface area contributed by atoms with Gasteiger partial charge in [-0.3, -0.25) is 0 Å². The molecule has 0 saturated carbocycles. The highest BCUT2D eigenvalue weighted by molar-refractivity contribution is 7.90. The first-order valence-electron chi connectivity index (χ1n) is 5.19. The van der Waals surface area contributed by atoms with Crippen LogP contribution in [0.3, 0.4) is 0 Å². The smallest absolute Gasteiger partial charge is 0.154 e. The predicted molar refractivity (Wildman–Crippen MR) is 63.2 cm³/mol. The molecule has 1 aromatic carbocycles. The fourth-order valence-electron chi connectivity index (χ4n) is 1.37. The van der Waals surface area contributed by atoms with Crippen molar-refractivity contribution in [2.24, 2.45) is 0 Å². The zero-order valence-corrected chi connectivity index (χ0v) is 10.1. The van der Waals surface area contributed by atoms with Gasteiger partial charge in [-0.15, -0.1) is 0 Å². The minimum atomic E-state index is -3.13. The van der Waals surface area contributed by atoms with Gasteiger partial charge in [0.15, 0.2) is 9.84 Å². The van der Waals surface area contributed by atoms with E-state index >= 15 is 0 Å². The summed E-state index contributed by atoms with van der Waals surface area (Å²) in [6.45, 7) is 1.93. The number of hydrogen-bond acceptors (Lipinski definition) is 3. The molecule has 16 heavy (non-hydrogen) atoms. The molecule has 0 bridgehead atoms. The summed E-state index contributed by atoms with van der Waals surface area (Å²) in [5.74, 6) is -0.411. The molecule has 1 aromatic rings. The summed E-state index contributed by atoms with van der Waals surface area (Å²) < 4.78 is 36.0. The molecule has 0 saturated heterocycles. The van der Waals surface area contributed by atoms with Crippen molar-refractivity contribution in [3.63, 3.8) is 0 Å². The fraction of sp³-hybridized carbons (Fsp3) is 0.455. The molecular weight excluding hydrogens is 229 g/mol. The molecule has 0 fully saturated rings. The van der Waals surface area contributed by atoms with Gasteiger partial charge in [-0.25, -0.2) is 12.8 Å². The Morgan fingerprint density at radius 1 is 1.38 bits per heavy atom. The van der Waals surface area contributed by atoms with Crippen LogP contribution in [-0.4, -0.2) is 14.2 Å². The average molecular weight is 245 g/mol. The van der Waals surface area contributed by atoms with Crippen LogP contribution in [0, 0.1) is 5.82 Å². The predicted octanol–water partition coefficient (Wildman–Crippen LogP) is 2.12. The number of nitrogen functional groups attached to an aromatic ring is 1. The first-order valence-corrected chi connectivity index (χ1v) is 7.01. The van der Waals surface area contributed by atoms with Gasteiger partial charge < -0.3 is 5.73 Å². The minimum Gasteiger partial charge on any atom is -0.398 e. The SMILES string of the molecule is CCCCS(=O)(=O)Cc1ccc(F)cc1N. The molecule has 0 heterocycles. The number of sulfone groups is 1. The highest BCUT2D eigenvalue weighted by atomic mass is 32.2. The van der Waals surface area contributed by atoms with Crippen LogP contribution in [-0.2, 0) is 15.6 Å². The molecule has 5 heteroatoms. The molecule has 0 radical (unpaired) electrons. The van der Waals surface area contributed by atoms with Crippen molar-refractivity contribution in [3.8, 4) is 0 Å². The van der Waals surface area contributed by atoms with Gasteiger partial charge in [0.2, 0.25) is 0 Å². The third-order valence-electron chi connectivity index (χ3n) is 2.29. The monoisotopic (exact) mass is 245 g/mol. The van der Waals surface area contributed by atoms with E-state index in [2.05, 4.69) is 0 Å². The van der Waals surface area contributed by atoms with E-state index in [9.17, 15) is 12.8 Å². The van der Waals surface area contributed by atoms with E-state index < -0.39 is 15.7 Å². The van der Waals surface area contributed by atoms with Crippen LogP contribution >= 0.6 is 0 Å². The van der Waals surface area contributed by atoms with Crippen molar-refractivity contribution in [2.75, 3.05) is 11.5 Å². The highest BCUT2D eigenvalue weighted by Gasteiger charge is 2.13. The summed E-state index contributed by atoms with van der Waals surface area (Å²) in [6.07, 6.45) is 1.47. The Morgan fingerprint density at radius 2 is 2.06 bits per heavy atom. The van der Waals surface area contributed by atoms with Crippen molar-refractivity contribution >= 4 is 15.5 Å². The van der Waals surface area contributed by atoms with Crippen LogP contribution in [0.2, 0.25) is 0 Å². The zero-order valence-electron chi connectivity index (χ0n) is 9.24. The average Bonchev–Trinajstić information content (AvgIpc) is 2.19. The summed E-state index contributed by atoms with van der Waals surface area (Å²) in [4.78, 5) is 0. The Hall–Kier alpha value is -1.10. The van der Waals surface area contributed by atoms with Gasteiger partial charge in [0.05, 0.1) is 11.5 Å². The molecular formula is C11H16FNO2S. The Labute approximate surface area is 95.4 Å². The summed E-state index contributed by atoms with van der Waals surface area (Å²) >= 11 is 0. The maximum absolute atomic E-state index is 12.8. The van der Waals surface area contributed by atoms with E-state index in [-0.39, 0.29) is 17.2 Å². The maximum Gasteiger partial charge on any atom is 0.154 e. The number of nitrogens with two attached hydrogens (primary N) is 1. The number of rotatable bonds is 5. The van der Waals surface area contributed by atoms with E-state index in [0.29, 0.717) is 12.0 Å². The van der Waals surface area contributed by atoms with Gasteiger partial charge in [-0.1, -0.05) is 19.4 Å². The third kappa shape index (κ3) is 3.81. The summed E-state index contributed by atoms with van der Waals surface area (Å²) in [6, 6.07) is 3.79. The molecule has 0 atom stereocenters. The molecule has 0 aliphatic rings. The molecule has 2 N–H and O–H groups in total. The van der Waals surface area contributed by atoms with Crippen molar-refractivity contribution < 1.29 is 12.8 Å². The van der Waals surface area contributed by atoms with Crippen molar-refractivity contribution in [1.82, 2.24) is 0 Å². The normalized spacial score (nSPS) is 11.6. The van der Waals surface area contributed by atoms with E-state index in [1.165, 1.54) is 12.1 Å². The van der Waals surface area contributed by atoms with Crippen LogP contribution < -0.4 is 5.73 Å². The molecule has 0 unspecified atom stereocenters. The van der Waals surface area contributed by atoms with Gasteiger partial charge in [-0.05, 0) is 24.1 Å². The van der Waals surface area contributed by atoms with Gasteiger partial charge >= 0.3 is 0 Å². The molecule has 0 spiro atoms. The van der Waals surface area contributed by atoms with Crippen LogP contribution in [0.5, 0.6) is 0 Å². The van der Waals surface area contributed by atoms with Crippen LogP contribution in [0.25, 0.3) is 0 Å². The lowest BCUT2D eigenvalue weighted by atomic mass is 10.2. The topological polar surface area (TPSA) is 60.2 Å². The zero-order chi connectivity index (χ0) is 12.2. The lowest BCUT2D eigenvalue weighted by Gasteiger charge is -2.06. The summed E-state index contributed by atoms with van der Waals surface area (Å²) in [5.41, 5.74) is 6.22. The van der Waals surface area contributed by atoms with E-state index in [0.717, 1.165) is 12.5 Å². The lowest BCUT2D eigenvalue weighted by molar-refractivity contribution is 0.591. The first kappa shape index (κ1) is 13.0. The molecule has 0 aliphatic heterocycles. The number of unbranched alkanes of at least 4 members (excludes halogenated alkanes) is 1. The van der Waals surface area contributed by atoms with Crippen molar-refractivity contribution in [1.29, 1.82) is 0 Å². The second kappa shape index (κ2) is 5.30. The molecule has 3 nitrogen and oxygen atoms in total. The molecule has 90 valence electrons. The largest absolute Gasteiger partial charge is 0.398 e. The Morgan fingerprint density at radius 3 is 2.62 bits per heavy atom. The maximum atomic E-state index is 12.8.